The van der Waals surface area contributed by atoms with E-state index in [1.165, 1.54) is 6.92 Å². The predicted octanol–water partition coefficient (Wildman–Crippen LogP) is 3.01. The molecule has 0 aromatic heterocycles. The minimum atomic E-state index is -1.07. The van der Waals surface area contributed by atoms with Crippen molar-refractivity contribution in [3.05, 3.63) is 0 Å². The SMILES string of the molecule is CC(=O)O[C@@H]1C[C@H]2C(C)(C)CCC[C@]2(C)[C@H]2CC[C@H]3C(=O)O[C@H]4O[C@@H](O)C12[C@H]43. The Morgan fingerprint density at radius 2 is 1.93 bits per heavy atom. The lowest BCUT2D eigenvalue weighted by Crippen LogP contribution is -2.68. The van der Waals surface area contributed by atoms with Crippen molar-refractivity contribution < 1.29 is 28.9 Å². The molecule has 5 fully saturated rings. The molecule has 2 aliphatic heterocycles. The Morgan fingerprint density at radius 1 is 1.18 bits per heavy atom. The van der Waals surface area contributed by atoms with Gasteiger partial charge in [0.15, 0.2) is 6.29 Å². The lowest BCUT2D eigenvalue weighted by Gasteiger charge is -2.67. The van der Waals surface area contributed by atoms with Gasteiger partial charge in [0.1, 0.15) is 6.10 Å². The molecule has 1 N–H and O–H groups in total. The first-order chi connectivity index (χ1) is 13.1. The second kappa shape index (κ2) is 5.72. The number of carbonyl (C=O) groups is 2. The van der Waals surface area contributed by atoms with E-state index in [-0.39, 0.29) is 40.5 Å². The molecular formula is C22H32O6. The molecule has 0 amide bonds. The largest absolute Gasteiger partial charge is 0.462 e. The quantitative estimate of drug-likeness (QED) is 0.691. The van der Waals surface area contributed by atoms with Gasteiger partial charge in [-0.05, 0) is 54.8 Å². The van der Waals surface area contributed by atoms with E-state index >= 15 is 0 Å². The van der Waals surface area contributed by atoms with Crippen molar-refractivity contribution in [3.8, 4) is 0 Å². The Labute approximate surface area is 166 Å². The summed E-state index contributed by atoms with van der Waals surface area (Å²) in [6.07, 6.45) is 3.49. The molecule has 1 unspecified atom stereocenters. The van der Waals surface area contributed by atoms with Crippen LogP contribution < -0.4 is 0 Å². The van der Waals surface area contributed by atoms with E-state index < -0.39 is 24.1 Å². The fourth-order valence-corrected chi connectivity index (χ4v) is 8.45. The summed E-state index contributed by atoms with van der Waals surface area (Å²) in [6, 6.07) is 0. The van der Waals surface area contributed by atoms with Crippen LogP contribution >= 0.6 is 0 Å². The van der Waals surface area contributed by atoms with Gasteiger partial charge in [-0.3, -0.25) is 9.59 Å². The first-order valence-corrected chi connectivity index (χ1v) is 10.8. The monoisotopic (exact) mass is 392 g/mol. The van der Waals surface area contributed by atoms with Crippen molar-refractivity contribution in [1.29, 1.82) is 0 Å². The van der Waals surface area contributed by atoms with Crippen LogP contribution in [0.3, 0.4) is 0 Å². The topological polar surface area (TPSA) is 82.1 Å². The van der Waals surface area contributed by atoms with Crippen LogP contribution in [0.15, 0.2) is 0 Å². The second-order valence-corrected chi connectivity index (χ2v) is 10.8. The summed E-state index contributed by atoms with van der Waals surface area (Å²) in [5, 5.41) is 11.2. The minimum absolute atomic E-state index is 0.0221. The predicted molar refractivity (Wildman–Crippen MR) is 98.5 cm³/mol. The molecule has 2 heterocycles. The maximum Gasteiger partial charge on any atom is 0.311 e. The van der Waals surface area contributed by atoms with Crippen molar-refractivity contribution in [2.24, 2.45) is 39.9 Å². The number of hydrogen-bond donors (Lipinski definition) is 1. The zero-order valence-electron chi connectivity index (χ0n) is 17.3. The molecule has 2 saturated heterocycles. The van der Waals surface area contributed by atoms with Gasteiger partial charge in [0, 0.05) is 12.8 Å². The van der Waals surface area contributed by atoms with E-state index in [0.29, 0.717) is 12.3 Å². The fraction of sp³-hybridized carbons (Fsp3) is 0.909. The standard InChI is InChI=1S/C22H32O6/c1-11(23)26-15-10-14-20(2,3)8-5-9-21(14,4)13-7-6-12-16-18(27-17(12)24)28-19(25)22(13,15)16/h12-16,18-19,25H,5-10H2,1-4H3/t12-,13-,14+,15-,16+,18+,19-,21-,22?/m1/s1. The van der Waals surface area contributed by atoms with Gasteiger partial charge in [-0.25, -0.2) is 0 Å². The maximum atomic E-state index is 12.5. The molecule has 3 saturated carbocycles. The highest BCUT2D eigenvalue weighted by Gasteiger charge is 2.78. The third-order valence-electron chi connectivity index (χ3n) is 9.29. The molecule has 5 rings (SSSR count). The number of aliphatic hydroxyl groups is 1. The molecule has 0 aromatic carbocycles. The molecule has 3 aliphatic carbocycles. The first kappa shape index (κ1) is 18.9. The molecule has 1 spiro atoms. The molecule has 0 aromatic rings. The van der Waals surface area contributed by atoms with Crippen LogP contribution in [0.5, 0.6) is 0 Å². The lowest BCUT2D eigenvalue weighted by atomic mass is 9.37. The molecular weight excluding hydrogens is 360 g/mol. The zero-order valence-corrected chi connectivity index (χ0v) is 17.3. The van der Waals surface area contributed by atoms with Gasteiger partial charge in [-0.1, -0.05) is 27.2 Å². The summed E-state index contributed by atoms with van der Waals surface area (Å²) in [7, 11) is 0. The van der Waals surface area contributed by atoms with Crippen LogP contribution in [0.25, 0.3) is 0 Å². The van der Waals surface area contributed by atoms with E-state index in [0.717, 1.165) is 32.1 Å². The zero-order chi connectivity index (χ0) is 20.1. The average Bonchev–Trinajstić information content (AvgIpc) is 3.06. The van der Waals surface area contributed by atoms with Gasteiger partial charge >= 0.3 is 11.9 Å². The molecule has 5 aliphatic rings. The van der Waals surface area contributed by atoms with Gasteiger partial charge in [-0.2, -0.15) is 0 Å². The van der Waals surface area contributed by atoms with Crippen LogP contribution in [-0.2, 0) is 23.8 Å². The van der Waals surface area contributed by atoms with Gasteiger partial charge in [-0.15, -0.1) is 0 Å². The average molecular weight is 392 g/mol. The lowest BCUT2D eigenvalue weighted by molar-refractivity contribution is -0.278. The Kier molecular flexibility index (Phi) is 3.85. The van der Waals surface area contributed by atoms with Crippen LogP contribution in [-0.4, -0.2) is 35.7 Å². The van der Waals surface area contributed by atoms with Crippen molar-refractivity contribution in [3.63, 3.8) is 0 Å². The third kappa shape index (κ3) is 2.11. The maximum absolute atomic E-state index is 12.5. The number of ether oxygens (including phenoxy) is 3. The number of hydrogen-bond acceptors (Lipinski definition) is 6. The molecule has 0 radical (unpaired) electrons. The highest BCUT2D eigenvalue weighted by molar-refractivity contribution is 5.76. The van der Waals surface area contributed by atoms with Crippen LogP contribution in [0.1, 0.15) is 66.2 Å². The van der Waals surface area contributed by atoms with Gasteiger partial charge in [0.2, 0.25) is 6.29 Å². The molecule has 156 valence electrons. The Balaban J connectivity index is 1.68. The summed E-state index contributed by atoms with van der Waals surface area (Å²) in [6.45, 7) is 8.46. The number of aliphatic hydroxyl groups excluding tert-OH is 1. The summed E-state index contributed by atoms with van der Waals surface area (Å²) in [5.41, 5.74) is -0.589. The van der Waals surface area contributed by atoms with E-state index in [1.54, 1.807) is 0 Å². The smallest absolute Gasteiger partial charge is 0.311 e. The molecule has 28 heavy (non-hydrogen) atoms. The van der Waals surface area contributed by atoms with Gasteiger partial charge < -0.3 is 19.3 Å². The first-order valence-electron chi connectivity index (χ1n) is 10.8. The summed E-state index contributed by atoms with van der Waals surface area (Å²) >= 11 is 0. The third-order valence-corrected chi connectivity index (χ3v) is 9.29. The van der Waals surface area contributed by atoms with Crippen LogP contribution in [0, 0.1) is 39.9 Å². The fourth-order valence-electron chi connectivity index (χ4n) is 8.45. The van der Waals surface area contributed by atoms with E-state index in [4.69, 9.17) is 14.2 Å². The van der Waals surface area contributed by atoms with E-state index in [2.05, 4.69) is 20.8 Å². The highest BCUT2D eigenvalue weighted by atomic mass is 16.8. The number of esters is 2. The second-order valence-electron chi connectivity index (χ2n) is 10.8. The van der Waals surface area contributed by atoms with Crippen LogP contribution in [0.2, 0.25) is 0 Å². The van der Waals surface area contributed by atoms with Crippen molar-refractivity contribution in [1.82, 2.24) is 0 Å². The van der Waals surface area contributed by atoms with E-state index in [1.807, 2.05) is 0 Å². The summed E-state index contributed by atoms with van der Waals surface area (Å²) in [4.78, 5) is 24.6. The van der Waals surface area contributed by atoms with Crippen molar-refractivity contribution in [2.75, 3.05) is 0 Å². The minimum Gasteiger partial charge on any atom is -0.462 e. The number of carbonyl (C=O) groups excluding carboxylic acids is 2. The number of fused-ring (bicyclic) bond motifs is 2. The summed E-state index contributed by atoms with van der Waals surface area (Å²) in [5.74, 6) is -0.530. The molecule has 0 bridgehead atoms. The Hall–Kier alpha value is -1.14. The molecule has 9 atom stereocenters. The molecule has 6 heteroatoms. The normalized spacial score (nSPS) is 53.6. The highest BCUT2D eigenvalue weighted by Crippen LogP contribution is 2.73. The van der Waals surface area contributed by atoms with E-state index in [9.17, 15) is 14.7 Å². The Bertz CT molecular complexity index is 718. The number of rotatable bonds is 1. The van der Waals surface area contributed by atoms with Gasteiger partial charge in [0.05, 0.1) is 11.3 Å². The van der Waals surface area contributed by atoms with Crippen LogP contribution in [0.4, 0.5) is 0 Å². The van der Waals surface area contributed by atoms with Gasteiger partial charge in [0.25, 0.3) is 0 Å². The summed E-state index contributed by atoms with van der Waals surface area (Å²) < 4.78 is 17.3. The Morgan fingerprint density at radius 3 is 2.64 bits per heavy atom. The molecule has 6 nitrogen and oxygen atoms in total. The van der Waals surface area contributed by atoms with Crippen molar-refractivity contribution >= 4 is 11.9 Å². The van der Waals surface area contributed by atoms with Crippen molar-refractivity contribution in [2.45, 2.75) is 84.9 Å².